The molecule has 1 aromatic carbocycles. The van der Waals surface area contributed by atoms with E-state index in [1.807, 2.05) is 30.3 Å². The molecule has 0 saturated heterocycles. The molecule has 1 heterocycles. The number of carbonyl (C=O) groups is 1. The van der Waals surface area contributed by atoms with Gasteiger partial charge in [0.2, 0.25) is 0 Å². The lowest BCUT2D eigenvalue weighted by molar-refractivity contribution is 0.0701. The molecule has 0 aliphatic heterocycles. The van der Waals surface area contributed by atoms with Gasteiger partial charge in [-0.3, -0.25) is 0 Å². The van der Waals surface area contributed by atoms with Crippen molar-refractivity contribution in [1.82, 2.24) is 4.98 Å². The maximum atomic E-state index is 10.9. The minimum absolute atomic E-state index is 0.304. The fraction of sp³-hybridized carbons (Fsp3) is 0.143. The fourth-order valence-electron chi connectivity index (χ4n) is 1.39. The molecular formula is C14H11NO2S2. The van der Waals surface area contributed by atoms with Gasteiger partial charge < -0.3 is 5.11 Å². The van der Waals surface area contributed by atoms with Crippen LogP contribution >= 0.6 is 23.1 Å². The van der Waals surface area contributed by atoms with Crippen LogP contribution in [0.4, 0.5) is 0 Å². The molecular weight excluding hydrogens is 278 g/mol. The lowest BCUT2D eigenvalue weighted by atomic mass is 10.2. The largest absolute Gasteiger partial charge is 0.477 e. The van der Waals surface area contributed by atoms with Crippen molar-refractivity contribution >= 4 is 29.1 Å². The van der Waals surface area contributed by atoms with E-state index in [1.165, 1.54) is 23.1 Å². The Morgan fingerprint density at radius 2 is 2.16 bits per heavy atom. The number of nitrogens with zero attached hydrogens (tertiary/aromatic N) is 1. The van der Waals surface area contributed by atoms with E-state index in [0.717, 1.165) is 9.90 Å². The average Bonchev–Trinajstić information content (AvgIpc) is 2.77. The van der Waals surface area contributed by atoms with Gasteiger partial charge in [-0.25, -0.2) is 9.78 Å². The van der Waals surface area contributed by atoms with Crippen LogP contribution in [0.15, 0.2) is 34.7 Å². The molecule has 5 heteroatoms. The Balaban J connectivity index is 1.95. The summed E-state index contributed by atoms with van der Waals surface area (Å²) in [6.07, 6.45) is 0. The lowest BCUT2D eigenvalue weighted by Crippen LogP contribution is -1.94. The van der Waals surface area contributed by atoms with E-state index < -0.39 is 5.97 Å². The molecule has 3 nitrogen and oxygen atoms in total. The van der Waals surface area contributed by atoms with Crippen LogP contribution in [0.1, 0.15) is 20.9 Å². The SMILES string of the molecule is Cc1nc(SCC#Cc2ccccc2)sc1C(=O)O. The van der Waals surface area contributed by atoms with Crippen LogP contribution < -0.4 is 0 Å². The summed E-state index contributed by atoms with van der Waals surface area (Å²) in [5.74, 6) is 5.77. The topological polar surface area (TPSA) is 50.2 Å². The van der Waals surface area contributed by atoms with Crippen LogP contribution in [-0.2, 0) is 0 Å². The molecule has 0 bridgehead atoms. The highest BCUT2D eigenvalue weighted by Gasteiger charge is 2.13. The van der Waals surface area contributed by atoms with Crippen molar-refractivity contribution in [3.05, 3.63) is 46.5 Å². The number of thiazole rings is 1. The van der Waals surface area contributed by atoms with Gasteiger partial charge in [0.15, 0.2) is 4.34 Å². The van der Waals surface area contributed by atoms with Gasteiger partial charge in [-0.15, -0.1) is 11.3 Å². The molecule has 0 fully saturated rings. The van der Waals surface area contributed by atoms with E-state index in [1.54, 1.807) is 6.92 Å². The minimum Gasteiger partial charge on any atom is -0.477 e. The first-order valence-corrected chi connectivity index (χ1v) is 7.34. The molecule has 96 valence electrons. The maximum Gasteiger partial charge on any atom is 0.347 e. The Bertz CT molecular complexity index is 638. The molecule has 0 saturated carbocycles. The van der Waals surface area contributed by atoms with E-state index >= 15 is 0 Å². The summed E-state index contributed by atoms with van der Waals surface area (Å²) < 4.78 is 0.747. The standard InChI is InChI=1S/C14H11NO2S2/c1-10-12(13(16)17)19-14(15-10)18-9-5-8-11-6-3-2-4-7-11/h2-4,6-7H,9H2,1H3,(H,16,17). The number of aromatic carboxylic acids is 1. The number of aryl methyl sites for hydroxylation is 1. The number of hydrogen-bond donors (Lipinski definition) is 1. The predicted octanol–water partition coefficient (Wildman–Crippen LogP) is 3.29. The van der Waals surface area contributed by atoms with Crippen LogP contribution in [0.2, 0.25) is 0 Å². The molecule has 0 aliphatic rings. The lowest BCUT2D eigenvalue weighted by Gasteiger charge is -1.88. The highest BCUT2D eigenvalue weighted by molar-refractivity contribution is 8.01. The third-order valence-corrected chi connectivity index (χ3v) is 4.42. The quantitative estimate of drug-likeness (QED) is 0.696. The van der Waals surface area contributed by atoms with Gasteiger partial charge >= 0.3 is 5.97 Å². The van der Waals surface area contributed by atoms with E-state index in [-0.39, 0.29) is 0 Å². The zero-order valence-electron chi connectivity index (χ0n) is 10.2. The first kappa shape index (κ1) is 13.7. The summed E-state index contributed by atoms with van der Waals surface area (Å²) in [6, 6.07) is 9.74. The predicted molar refractivity (Wildman–Crippen MR) is 77.9 cm³/mol. The molecule has 0 amide bonds. The number of aromatic nitrogens is 1. The molecule has 1 aromatic heterocycles. The molecule has 1 N–H and O–H groups in total. The molecule has 2 aromatic rings. The van der Waals surface area contributed by atoms with Crippen molar-refractivity contribution in [2.24, 2.45) is 0 Å². The minimum atomic E-state index is -0.919. The summed E-state index contributed by atoms with van der Waals surface area (Å²) in [5, 5.41) is 8.93. The number of benzene rings is 1. The van der Waals surface area contributed by atoms with Gasteiger partial charge in [0.25, 0.3) is 0 Å². The second-order valence-corrected chi connectivity index (χ2v) is 5.88. The Labute approximate surface area is 119 Å². The van der Waals surface area contributed by atoms with Crippen molar-refractivity contribution in [2.45, 2.75) is 11.3 Å². The molecule has 0 atom stereocenters. The maximum absolute atomic E-state index is 10.9. The van der Waals surface area contributed by atoms with Crippen LogP contribution in [0.3, 0.4) is 0 Å². The van der Waals surface area contributed by atoms with Gasteiger partial charge in [0.05, 0.1) is 11.4 Å². The molecule has 0 unspecified atom stereocenters. The third kappa shape index (κ3) is 3.85. The monoisotopic (exact) mass is 289 g/mol. The van der Waals surface area contributed by atoms with E-state index in [9.17, 15) is 4.79 Å². The molecule has 0 aliphatic carbocycles. The molecule has 19 heavy (non-hydrogen) atoms. The molecule has 0 radical (unpaired) electrons. The molecule has 0 spiro atoms. The van der Waals surface area contributed by atoms with Gasteiger partial charge in [0.1, 0.15) is 4.88 Å². The van der Waals surface area contributed by atoms with Crippen LogP contribution in [-0.4, -0.2) is 21.8 Å². The normalized spacial score (nSPS) is 9.74. The average molecular weight is 289 g/mol. The van der Waals surface area contributed by atoms with Gasteiger partial charge in [-0.1, -0.05) is 41.8 Å². The highest BCUT2D eigenvalue weighted by Crippen LogP contribution is 2.26. The summed E-state index contributed by atoms with van der Waals surface area (Å²) in [6.45, 7) is 1.71. The van der Waals surface area contributed by atoms with Crippen molar-refractivity contribution in [3.8, 4) is 11.8 Å². The van der Waals surface area contributed by atoms with Crippen molar-refractivity contribution in [2.75, 3.05) is 5.75 Å². The number of thioether (sulfide) groups is 1. The van der Waals surface area contributed by atoms with Gasteiger partial charge in [-0.05, 0) is 19.1 Å². The van der Waals surface area contributed by atoms with Crippen molar-refractivity contribution in [3.63, 3.8) is 0 Å². The Morgan fingerprint density at radius 1 is 1.42 bits per heavy atom. The second-order valence-electron chi connectivity index (χ2n) is 3.66. The number of hydrogen-bond acceptors (Lipinski definition) is 4. The summed E-state index contributed by atoms with van der Waals surface area (Å²) >= 11 is 2.66. The number of carboxylic acid groups (broad SMARTS) is 1. The Morgan fingerprint density at radius 3 is 2.79 bits per heavy atom. The van der Waals surface area contributed by atoms with Crippen LogP contribution in [0.5, 0.6) is 0 Å². The van der Waals surface area contributed by atoms with Crippen LogP contribution in [0.25, 0.3) is 0 Å². The first-order valence-electron chi connectivity index (χ1n) is 5.54. The zero-order chi connectivity index (χ0) is 13.7. The molecule has 2 rings (SSSR count). The number of rotatable bonds is 3. The second kappa shape index (κ2) is 6.41. The summed E-state index contributed by atoms with van der Waals surface area (Å²) in [7, 11) is 0. The van der Waals surface area contributed by atoms with Crippen LogP contribution in [0, 0.1) is 18.8 Å². The highest BCUT2D eigenvalue weighted by atomic mass is 32.2. The van der Waals surface area contributed by atoms with Crippen molar-refractivity contribution in [1.29, 1.82) is 0 Å². The van der Waals surface area contributed by atoms with E-state index in [0.29, 0.717) is 16.3 Å². The van der Waals surface area contributed by atoms with Gasteiger partial charge in [-0.2, -0.15) is 0 Å². The van der Waals surface area contributed by atoms with Crippen molar-refractivity contribution < 1.29 is 9.90 Å². The van der Waals surface area contributed by atoms with Gasteiger partial charge in [0, 0.05) is 5.56 Å². The zero-order valence-corrected chi connectivity index (χ0v) is 11.8. The Hall–Kier alpha value is -1.77. The Kier molecular flexibility index (Phi) is 4.61. The first-order chi connectivity index (χ1) is 9.16. The van der Waals surface area contributed by atoms with E-state index in [4.69, 9.17) is 5.11 Å². The fourth-order valence-corrected chi connectivity index (χ4v) is 3.16. The number of carboxylic acids is 1. The summed E-state index contributed by atoms with van der Waals surface area (Å²) in [5.41, 5.74) is 1.54. The third-order valence-electron chi connectivity index (χ3n) is 2.25. The summed E-state index contributed by atoms with van der Waals surface area (Å²) in [4.78, 5) is 15.4. The van der Waals surface area contributed by atoms with E-state index in [2.05, 4.69) is 16.8 Å². The smallest absolute Gasteiger partial charge is 0.347 e.